The van der Waals surface area contributed by atoms with Crippen molar-refractivity contribution in [3.63, 3.8) is 0 Å². The highest BCUT2D eigenvalue weighted by Gasteiger charge is 2.14. The summed E-state index contributed by atoms with van der Waals surface area (Å²) in [6, 6.07) is 10.2. The largest absolute Gasteiger partial charge is 0.461 e. The first kappa shape index (κ1) is 9.28. The predicted octanol–water partition coefficient (Wildman–Crippen LogP) is 2.88. The van der Waals surface area contributed by atoms with Crippen LogP contribution in [-0.4, -0.2) is 6.04 Å². The van der Waals surface area contributed by atoms with Crippen molar-refractivity contribution in [2.24, 2.45) is 5.73 Å². The van der Waals surface area contributed by atoms with E-state index >= 15 is 0 Å². The van der Waals surface area contributed by atoms with Gasteiger partial charge < -0.3 is 10.2 Å². The number of hydrogen-bond acceptors (Lipinski definition) is 2. The molecule has 0 saturated carbocycles. The summed E-state index contributed by atoms with van der Waals surface area (Å²) in [6.45, 7) is 4.08. The van der Waals surface area contributed by atoms with Crippen LogP contribution < -0.4 is 5.73 Å². The molecule has 0 aliphatic heterocycles. The van der Waals surface area contributed by atoms with Gasteiger partial charge in [-0.2, -0.15) is 0 Å². The van der Waals surface area contributed by atoms with E-state index in [-0.39, 0.29) is 12.0 Å². The molecule has 0 bridgehead atoms. The molecule has 2 unspecified atom stereocenters. The molecule has 1 aromatic heterocycles. The molecule has 14 heavy (non-hydrogen) atoms. The molecule has 2 aromatic rings. The lowest BCUT2D eigenvalue weighted by Crippen LogP contribution is -2.21. The third kappa shape index (κ3) is 1.53. The zero-order valence-electron chi connectivity index (χ0n) is 8.53. The Bertz CT molecular complexity index is 398. The SMILES string of the molecule is CC(N)C(C)c1cc2ccccc2o1. The molecule has 0 spiro atoms. The second-order valence-corrected chi connectivity index (χ2v) is 3.83. The lowest BCUT2D eigenvalue weighted by atomic mass is 10.0. The minimum atomic E-state index is 0.121. The molecule has 0 aliphatic carbocycles. The number of rotatable bonds is 2. The third-order valence-electron chi connectivity index (χ3n) is 2.68. The monoisotopic (exact) mass is 189 g/mol. The zero-order valence-corrected chi connectivity index (χ0v) is 8.53. The van der Waals surface area contributed by atoms with Crippen LogP contribution >= 0.6 is 0 Å². The van der Waals surface area contributed by atoms with Gasteiger partial charge >= 0.3 is 0 Å². The Kier molecular flexibility index (Phi) is 2.30. The maximum Gasteiger partial charge on any atom is 0.134 e. The van der Waals surface area contributed by atoms with Gasteiger partial charge in [0.05, 0.1) is 0 Å². The average Bonchev–Trinajstić information content (AvgIpc) is 2.59. The summed E-state index contributed by atoms with van der Waals surface area (Å²) in [4.78, 5) is 0. The van der Waals surface area contributed by atoms with Crippen molar-refractivity contribution in [3.8, 4) is 0 Å². The first-order valence-corrected chi connectivity index (χ1v) is 4.92. The lowest BCUT2D eigenvalue weighted by Gasteiger charge is -2.11. The van der Waals surface area contributed by atoms with E-state index in [0.717, 1.165) is 16.7 Å². The second kappa shape index (κ2) is 3.46. The molecule has 2 heteroatoms. The molecule has 2 atom stereocenters. The van der Waals surface area contributed by atoms with Gasteiger partial charge in [-0.1, -0.05) is 25.1 Å². The van der Waals surface area contributed by atoms with E-state index in [2.05, 4.69) is 19.1 Å². The number of benzene rings is 1. The third-order valence-corrected chi connectivity index (χ3v) is 2.68. The maximum absolute atomic E-state index is 5.83. The minimum Gasteiger partial charge on any atom is -0.461 e. The Balaban J connectivity index is 2.45. The Morgan fingerprint density at radius 1 is 1.21 bits per heavy atom. The highest BCUT2D eigenvalue weighted by Crippen LogP contribution is 2.25. The minimum absolute atomic E-state index is 0.121. The number of para-hydroxylation sites is 1. The Morgan fingerprint density at radius 2 is 1.93 bits per heavy atom. The number of fused-ring (bicyclic) bond motifs is 1. The van der Waals surface area contributed by atoms with E-state index in [0.29, 0.717) is 0 Å². The smallest absolute Gasteiger partial charge is 0.134 e. The molecule has 1 aromatic carbocycles. The van der Waals surface area contributed by atoms with Crippen molar-refractivity contribution in [2.45, 2.75) is 25.8 Å². The molecular formula is C12H15NO. The highest BCUT2D eigenvalue weighted by atomic mass is 16.3. The van der Waals surface area contributed by atoms with Crippen LogP contribution in [0, 0.1) is 0 Å². The topological polar surface area (TPSA) is 39.2 Å². The van der Waals surface area contributed by atoms with Crippen LogP contribution in [0.15, 0.2) is 34.7 Å². The van der Waals surface area contributed by atoms with E-state index in [1.165, 1.54) is 0 Å². The fraction of sp³-hybridized carbons (Fsp3) is 0.333. The number of nitrogens with two attached hydrogens (primary N) is 1. The van der Waals surface area contributed by atoms with Gasteiger partial charge in [-0.05, 0) is 19.1 Å². The fourth-order valence-corrected chi connectivity index (χ4v) is 1.49. The summed E-state index contributed by atoms with van der Waals surface area (Å²) < 4.78 is 5.71. The lowest BCUT2D eigenvalue weighted by molar-refractivity contribution is 0.469. The first-order valence-electron chi connectivity index (χ1n) is 4.92. The van der Waals surface area contributed by atoms with E-state index in [9.17, 15) is 0 Å². The predicted molar refractivity (Wildman–Crippen MR) is 58.3 cm³/mol. The molecule has 74 valence electrons. The molecule has 0 aliphatic rings. The van der Waals surface area contributed by atoms with Gasteiger partial charge in [-0.15, -0.1) is 0 Å². The van der Waals surface area contributed by atoms with Gasteiger partial charge in [0.1, 0.15) is 11.3 Å². The fourth-order valence-electron chi connectivity index (χ4n) is 1.49. The van der Waals surface area contributed by atoms with Crippen LogP contribution in [0.1, 0.15) is 25.5 Å². The quantitative estimate of drug-likeness (QED) is 0.789. The van der Waals surface area contributed by atoms with Crippen LogP contribution in [0.4, 0.5) is 0 Å². The van der Waals surface area contributed by atoms with Crippen molar-refractivity contribution in [3.05, 3.63) is 36.1 Å². The van der Waals surface area contributed by atoms with E-state index in [1.807, 2.05) is 25.1 Å². The molecule has 2 rings (SSSR count). The van der Waals surface area contributed by atoms with Crippen LogP contribution in [0.25, 0.3) is 11.0 Å². The summed E-state index contributed by atoms with van der Waals surface area (Å²) in [6.07, 6.45) is 0. The van der Waals surface area contributed by atoms with Crippen molar-refractivity contribution in [1.29, 1.82) is 0 Å². The van der Waals surface area contributed by atoms with Gasteiger partial charge in [0.15, 0.2) is 0 Å². The zero-order chi connectivity index (χ0) is 10.1. The van der Waals surface area contributed by atoms with Crippen LogP contribution in [0.2, 0.25) is 0 Å². The van der Waals surface area contributed by atoms with Gasteiger partial charge in [0.2, 0.25) is 0 Å². The van der Waals surface area contributed by atoms with E-state index in [1.54, 1.807) is 0 Å². The summed E-state index contributed by atoms with van der Waals surface area (Å²) in [7, 11) is 0. The molecule has 1 heterocycles. The molecule has 0 fully saturated rings. The maximum atomic E-state index is 5.83. The van der Waals surface area contributed by atoms with Gasteiger partial charge in [-0.3, -0.25) is 0 Å². The molecule has 0 saturated heterocycles. The summed E-state index contributed by atoms with van der Waals surface area (Å²) in [5, 5.41) is 1.15. The Morgan fingerprint density at radius 3 is 2.57 bits per heavy atom. The summed E-state index contributed by atoms with van der Waals surface area (Å²) in [5.41, 5.74) is 6.77. The van der Waals surface area contributed by atoms with Crippen LogP contribution in [-0.2, 0) is 0 Å². The van der Waals surface area contributed by atoms with Crippen molar-refractivity contribution >= 4 is 11.0 Å². The van der Waals surface area contributed by atoms with Crippen LogP contribution in [0.3, 0.4) is 0 Å². The van der Waals surface area contributed by atoms with Crippen molar-refractivity contribution < 1.29 is 4.42 Å². The Labute approximate surface area is 83.7 Å². The molecule has 2 nitrogen and oxygen atoms in total. The van der Waals surface area contributed by atoms with Gasteiger partial charge in [0.25, 0.3) is 0 Å². The molecule has 2 N–H and O–H groups in total. The summed E-state index contributed by atoms with van der Waals surface area (Å²) >= 11 is 0. The normalized spacial score (nSPS) is 15.6. The van der Waals surface area contributed by atoms with Crippen molar-refractivity contribution in [2.75, 3.05) is 0 Å². The average molecular weight is 189 g/mol. The second-order valence-electron chi connectivity index (χ2n) is 3.83. The van der Waals surface area contributed by atoms with Gasteiger partial charge in [-0.25, -0.2) is 0 Å². The van der Waals surface area contributed by atoms with Crippen LogP contribution in [0.5, 0.6) is 0 Å². The molecule has 0 amide bonds. The highest BCUT2D eigenvalue weighted by molar-refractivity contribution is 5.77. The standard InChI is InChI=1S/C12H15NO/c1-8(9(2)13)12-7-10-5-3-4-6-11(10)14-12/h3-9H,13H2,1-2H3. The molecular weight excluding hydrogens is 174 g/mol. The summed E-state index contributed by atoms with van der Waals surface area (Å²) in [5.74, 6) is 1.24. The van der Waals surface area contributed by atoms with Crippen molar-refractivity contribution in [1.82, 2.24) is 0 Å². The number of furan rings is 1. The molecule has 0 radical (unpaired) electrons. The van der Waals surface area contributed by atoms with E-state index in [4.69, 9.17) is 10.2 Å². The van der Waals surface area contributed by atoms with E-state index < -0.39 is 0 Å². The van der Waals surface area contributed by atoms with Gasteiger partial charge in [0, 0.05) is 17.3 Å². The number of hydrogen-bond donors (Lipinski definition) is 1. The first-order chi connectivity index (χ1) is 6.68. The Hall–Kier alpha value is -1.28.